The lowest BCUT2D eigenvalue weighted by molar-refractivity contribution is 0.0963. The monoisotopic (exact) mass is 402 g/mol. The predicted molar refractivity (Wildman–Crippen MR) is 109 cm³/mol. The molecule has 1 amide bonds. The molecule has 0 bridgehead atoms. The second-order valence-corrected chi connectivity index (χ2v) is 8.73. The van der Waals surface area contributed by atoms with E-state index in [1.807, 2.05) is 0 Å². The molecule has 0 aliphatic heterocycles. The normalized spacial score (nSPS) is 15.0. The van der Waals surface area contributed by atoms with Gasteiger partial charge in [0.05, 0.1) is 11.5 Å². The number of nitrogens with one attached hydrogen (secondary N) is 2. The highest BCUT2D eigenvalue weighted by atomic mass is 32.2. The third-order valence-electron chi connectivity index (χ3n) is 4.97. The molecule has 3 rings (SSSR count). The lowest BCUT2D eigenvalue weighted by Gasteiger charge is -2.21. The number of carbonyl (C=O) groups excluding carboxylic acids is 1. The maximum atomic E-state index is 12.6. The number of sulfonamides is 1. The quantitative estimate of drug-likeness (QED) is 0.738. The first-order chi connectivity index (χ1) is 13.5. The van der Waals surface area contributed by atoms with Crippen molar-refractivity contribution in [2.24, 2.45) is 5.92 Å². The van der Waals surface area contributed by atoms with Crippen LogP contribution in [0, 0.1) is 5.92 Å². The Morgan fingerprint density at radius 1 is 1.00 bits per heavy atom. The second kappa shape index (κ2) is 9.10. The number of anilines is 1. The van der Waals surface area contributed by atoms with Gasteiger partial charge < -0.3 is 10.1 Å². The van der Waals surface area contributed by atoms with E-state index < -0.39 is 10.0 Å². The number of rotatable bonds is 7. The number of hydrogen-bond acceptors (Lipinski definition) is 4. The van der Waals surface area contributed by atoms with E-state index >= 15 is 0 Å². The first-order valence-corrected chi connectivity index (χ1v) is 11.0. The summed E-state index contributed by atoms with van der Waals surface area (Å²) in [5.41, 5.74) is 0.857. The van der Waals surface area contributed by atoms with Crippen molar-refractivity contribution in [2.75, 3.05) is 18.4 Å². The van der Waals surface area contributed by atoms with Crippen molar-refractivity contribution in [2.45, 2.75) is 37.0 Å². The van der Waals surface area contributed by atoms with Gasteiger partial charge >= 0.3 is 0 Å². The molecule has 0 radical (unpaired) electrons. The molecule has 1 fully saturated rings. The van der Waals surface area contributed by atoms with Crippen LogP contribution in [0.1, 0.15) is 42.5 Å². The number of ether oxygens (including phenoxy) is 1. The summed E-state index contributed by atoms with van der Waals surface area (Å²) in [6.07, 6.45) is 6.25. The van der Waals surface area contributed by atoms with E-state index in [2.05, 4.69) is 10.0 Å². The third kappa shape index (κ3) is 5.25. The van der Waals surface area contributed by atoms with Crippen LogP contribution < -0.4 is 14.8 Å². The van der Waals surface area contributed by atoms with Crippen molar-refractivity contribution in [3.63, 3.8) is 0 Å². The SMILES string of the molecule is CNC(=O)c1ccc(NS(=O)(=O)c2ccc(OCC3CCCCC3)cc2)cc1. The van der Waals surface area contributed by atoms with E-state index in [9.17, 15) is 13.2 Å². The minimum absolute atomic E-state index is 0.160. The Balaban J connectivity index is 1.60. The van der Waals surface area contributed by atoms with Gasteiger partial charge in [-0.05, 0) is 67.3 Å². The zero-order valence-corrected chi connectivity index (χ0v) is 16.8. The highest BCUT2D eigenvalue weighted by Gasteiger charge is 2.16. The summed E-state index contributed by atoms with van der Waals surface area (Å²) in [4.78, 5) is 11.7. The molecule has 0 spiro atoms. The number of benzene rings is 2. The maximum absolute atomic E-state index is 12.6. The number of carbonyl (C=O) groups is 1. The lowest BCUT2D eigenvalue weighted by Crippen LogP contribution is -2.18. The van der Waals surface area contributed by atoms with Crippen molar-refractivity contribution in [1.82, 2.24) is 5.32 Å². The van der Waals surface area contributed by atoms with E-state index in [1.165, 1.54) is 44.2 Å². The van der Waals surface area contributed by atoms with Crippen molar-refractivity contribution in [1.29, 1.82) is 0 Å². The molecule has 0 heterocycles. The van der Waals surface area contributed by atoms with Gasteiger partial charge in [-0.25, -0.2) is 8.42 Å². The molecular formula is C21H26N2O4S. The predicted octanol–water partition coefficient (Wildman–Crippen LogP) is 3.81. The summed E-state index contributed by atoms with van der Waals surface area (Å²) in [5.74, 6) is 1.05. The van der Waals surface area contributed by atoms with Gasteiger partial charge in [-0.2, -0.15) is 0 Å². The summed E-state index contributed by atoms with van der Waals surface area (Å²) in [6.45, 7) is 0.683. The standard InChI is InChI=1S/C21H26N2O4S/c1-22-21(24)17-7-9-18(10-8-17)23-28(25,26)20-13-11-19(12-14-20)27-15-16-5-3-2-4-6-16/h7-14,16,23H,2-6,15H2,1H3,(H,22,24). The van der Waals surface area contributed by atoms with Crippen molar-refractivity contribution >= 4 is 21.6 Å². The second-order valence-electron chi connectivity index (χ2n) is 7.05. The van der Waals surface area contributed by atoms with Crippen LogP contribution in [0.25, 0.3) is 0 Å². The Bertz CT molecular complexity index is 887. The van der Waals surface area contributed by atoms with E-state index in [-0.39, 0.29) is 10.8 Å². The van der Waals surface area contributed by atoms with Crippen LogP contribution in [0.15, 0.2) is 53.4 Å². The molecule has 2 aromatic carbocycles. The van der Waals surface area contributed by atoms with Crippen molar-refractivity contribution in [3.05, 3.63) is 54.1 Å². The van der Waals surface area contributed by atoms with Crippen molar-refractivity contribution in [3.8, 4) is 5.75 Å². The van der Waals surface area contributed by atoms with E-state index in [4.69, 9.17) is 4.74 Å². The fraction of sp³-hybridized carbons (Fsp3) is 0.381. The third-order valence-corrected chi connectivity index (χ3v) is 6.37. The average molecular weight is 403 g/mol. The molecule has 2 N–H and O–H groups in total. The molecule has 150 valence electrons. The Hall–Kier alpha value is -2.54. The molecule has 0 saturated heterocycles. The molecule has 1 aliphatic rings. The van der Waals surface area contributed by atoms with E-state index in [0.29, 0.717) is 29.5 Å². The maximum Gasteiger partial charge on any atom is 0.261 e. The smallest absolute Gasteiger partial charge is 0.261 e. The molecule has 1 aliphatic carbocycles. The minimum Gasteiger partial charge on any atom is -0.493 e. The molecular weight excluding hydrogens is 376 g/mol. The lowest BCUT2D eigenvalue weighted by atomic mass is 9.90. The zero-order valence-electron chi connectivity index (χ0n) is 16.0. The Kier molecular flexibility index (Phi) is 6.57. The highest BCUT2D eigenvalue weighted by molar-refractivity contribution is 7.92. The largest absolute Gasteiger partial charge is 0.493 e. The van der Waals surface area contributed by atoms with Gasteiger partial charge in [-0.3, -0.25) is 9.52 Å². The molecule has 0 atom stereocenters. The van der Waals surface area contributed by atoms with Crippen LogP contribution in [0.3, 0.4) is 0 Å². The molecule has 1 saturated carbocycles. The fourth-order valence-corrected chi connectivity index (χ4v) is 4.39. The molecule has 2 aromatic rings. The first-order valence-electron chi connectivity index (χ1n) is 9.56. The van der Waals surface area contributed by atoms with Gasteiger partial charge in [0.25, 0.3) is 15.9 Å². The summed E-state index contributed by atoms with van der Waals surface area (Å²) in [7, 11) is -2.17. The topological polar surface area (TPSA) is 84.5 Å². The number of amides is 1. The molecule has 6 nitrogen and oxygen atoms in total. The van der Waals surface area contributed by atoms with E-state index in [0.717, 1.165) is 0 Å². The Labute approximate surface area is 166 Å². The molecule has 7 heteroatoms. The van der Waals surface area contributed by atoms with E-state index in [1.54, 1.807) is 43.4 Å². The van der Waals surface area contributed by atoms with Gasteiger partial charge in [0.15, 0.2) is 0 Å². The summed E-state index contributed by atoms with van der Waals surface area (Å²) in [5, 5.41) is 2.52. The Morgan fingerprint density at radius 3 is 2.25 bits per heavy atom. The van der Waals surface area contributed by atoms with Gasteiger partial charge in [-0.1, -0.05) is 19.3 Å². The van der Waals surface area contributed by atoms with Crippen LogP contribution in [-0.2, 0) is 10.0 Å². The van der Waals surface area contributed by atoms with Gasteiger partial charge in [-0.15, -0.1) is 0 Å². The van der Waals surface area contributed by atoms with Crippen LogP contribution >= 0.6 is 0 Å². The van der Waals surface area contributed by atoms with Crippen LogP contribution in [-0.4, -0.2) is 28.0 Å². The summed E-state index contributed by atoms with van der Waals surface area (Å²) in [6, 6.07) is 12.7. The summed E-state index contributed by atoms with van der Waals surface area (Å²) >= 11 is 0. The van der Waals surface area contributed by atoms with Gasteiger partial charge in [0.1, 0.15) is 5.75 Å². The van der Waals surface area contributed by atoms with Crippen LogP contribution in [0.5, 0.6) is 5.75 Å². The van der Waals surface area contributed by atoms with Crippen molar-refractivity contribution < 1.29 is 17.9 Å². The fourth-order valence-electron chi connectivity index (χ4n) is 3.33. The van der Waals surface area contributed by atoms with Crippen LogP contribution in [0.4, 0.5) is 5.69 Å². The molecule has 28 heavy (non-hydrogen) atoms. The zero-order chi connectivity index (χ0) is 20.0. The Morgan fingerprint density at radius 2 is 1.64 bits per heavy atom. The average Bonchev–Trinajstić information content (AvgIpc) is 2.73. The van der Waals surface area contributed by atoms with Gasteiger partial charge in [0, 0.05) is 18.3 Å². The van der Waals surface area contributed by atoms with Crippen LogP contribution in [0.2, 0.25) is 0 Å². The minimum atomic E-state index is -3.71. The molecule has 0 unspecified atom stereocenters. The first kappa shape index (κ1) is 20.2. The molecule has 0 aromatic heterocycles. The summed E-state index contributed by atoms with van der Waals surface area (Å²) < 4.78 is 33.5. The number of hydrogen-bond donors (Lipinski definition) is 2. The highest BCUT2D eigenvalue weighted by Crippen LogP contribution is 2.25. The van der Waals surface area contributed by atoms with Gasteiger partial charge in [0.2, 0.25) is 0 Å².